The predicted molar refractivity (Wildman–Crippen MR) is 132 cm³/mol. The molecule has 9 heteroatoms. The number of nitrogens with one attached hydrogen (secondary N) is 1. The highest BCUT2D eigenvalue weighted by Gasteiger charge is 2.36. The number of urea groups is 1. The van der Waals surface area contributed by atoms with E-state index in [1.165, 1.54) is 18.3 Å². The maximum atomic E-state index is 15.1. The summed E-state index contributed by atoms with van der Waals surface area (Å²) in [6.45, 7) is 7.56. The first-order chi connectivity index (χ1) is 16.7. The molecule has 3 heterocycles. The van der Waals surface area contributed by atoms with Crippen molar-refractivity contribution in [2.45, 2.75) is 58.7 Å². The summed E-state index contributed by atoms with van der Waals surface area (Å²) in [7, 11) is 0. The standard InChI is InChI=1S/C26H27ClF2N4O2/c1-5-23-17-8-9-30-25(29)19(17)10-15(4)33(23)26(34)32-22-12-20(27)18(11-21(22)28)16-6-7-24(31-13-16)35-14(2)3/h6-9,11-15,23H,5,10H2,1-4H3,(H,32,34). The number of aromatic nitrogens is 2. The fourth-order valence-electron chi connectivity index (χ4n) is 4.50. The van der Waals surface area contributed by atoms with E-state index >= 15 is 4.39 Å². The van der Waals surface area contributed by atoms with Gasteiger partial charge in [-0.3, -0.25) is 0 Å². The van der Waals surface area contributed by atoms with Crippen LogP contribution in [0.15, 0.2) is 42.7 Å². The first kappa shape index (κ1) is 24.9. The Labute approximate surface area is 208 Å². The molecule has 1 N–H and O–H groups in total. The van der Waals surface area contributed by atoms with Gasteiger partial charge in [0.05, 0.1) is 22.9 Å². The zero-order valence-corrected chi connectivity index (χ0v) is 20.7. The minimum absolute atomic E-state index is 0.0172. The van der Waals surface area contributed by atoms with Gasteiger partial charge in [-0.2, -0.15) is 4.39 Å². The number of carbonyl (C=O) groups excluding carboxylic acids is 1. The Bertz CT molecular complexity index is 1240. The number of amides is 2. The number of hydrogen-bond acceptors (Lipinski definition) is 4. The zero-order chi connectivity index (χ0) is 25.3. The molecule has 0 saturated heterocycles. The molecular formula is C26H27ClF2N4O2. The summed E-state index contributed by atoms with van der Waals surface area (Å²) in [6.07, 6.45) is 3.84. The van der Waals surface area contributed by atoms with Crippen LogP contribution in [0.2, 0.25) is 5.02 Å². The van der Waals surface area contributed by atoms with Gasteiger partial charge in [0.2, 0.25) is 11.8 Å². The van der Waals surface area contributed by atoms with Gasteiger partial charge in [0.1, 0.15) is 5.82 Å². The first-order valence-electron chi connectivity index (χ1n) is 11.5. The fraction of sp³-hybridized carbons (Fsp3) is 0.346. The number of fused-ring (bicyclic) bond motifs is 1. The molecule has 35 heavy (non-hydrogen) atoms. The molecule has 3 aromatic rings. The summed E-state index contributed by atoms with van der Waals surface area (Å²) < 4.78 is 34.9. The minimum Gasteiger partial charge on any atom is -0.475 e. The Kier molecular flexibility index (Phi) is 7.21. The quantitative estimate of drug-likeness (QED) is 0.391. The highest BCUT2D eigenvalue weighted by Crippen LogP contribution is 2.37. The highest BCUT2D eigenvalue weighted by molar-refractivity contribution is 6.33. The first-order valence-corrected chi connectivity index (χ1v) is 11.9. The van der Waals surface area contributed by atoms with Crippen molar-refractivity contribution in [3.8, 4) is 17.0 Å². The Hall–Kier alpha value is -3.26. The molecule has 2 atom stereocenters. The molecule has 1 aromatic carbocycles. The number of rotatable bonds is 5. The SMILES string of the molecule is CCC1c2ccnc(F)c2CC(C)N1C(=O)Nc1cc(Cl)c(-c2ccc(OC(C)C)nc2)cc1F. The molecule has 0 radical (unpaired) electrons. The van der Waals surface area contributed by atoms with Gasteiger partial charge < -0.3 is 15.0 Å². The van der Waals surface area contributed by atoms with Crippen LogP contribution in [-0.4, -0.2) is 33.0 Å². The highest BCUT2D eigenvalue weighted by atomic mass is 35.5. The van der Waals surface area contributed by atoms with Crippen LogP contribution in [0.5, 0.6) is 5.88 Å². The summed E-state index contributed by atoms with van der Waals surface area (Å²) in [5, 5.41) is 2.92. The van der Waals surface area contributed by atoms with Crippen molar-refractivity contribution in [2.75, 3.05) is 5.32 Å². The van der Waals surface area contributed by atoms with E-state index < -0.39 is 17.8 Å². The molecule has 4 rings (SSSR count). The minimum atomic E-state index is -0.631. The normalized spacial score (nSPS) is 17.3. The number of benzene rings is 1. The molecule has 184 valence electrons. The Morgan fingerprint density at radius 1 is 1.26 bits per heavy atom. The lowest BCUT2D eigenvalue weighted by Gasteiger charge is -2.41. The van der Waals surface area contributed by atoms with E-state index in [9.17, 15) is 9.18 Å². The summed E-state index contributed by atoms with van der Waals surface area (Å²) in [5.41, 5.74) is 2.27. The van der Waals surface area contributed by atoms with Gasteiger partial charge in [-0.25, -0.2) is 19.2 Å². The van der Waals surface area contributed by atoms with Crippen LogP contribution >= 0.6 is 11.6 Å². The van der Waals surface area contributed by atoms with Gasteiger partial charge in [0.15, 0.2) is 0 Å². The topological polar surface area (TPSA) is 67.4 Å². The number of ether oxygens (including phenoxy) is 1. The Balaban J connectivity index is 1.57. The summed E-state index contributed by atoms with van der Waals surface area (Å²) in [5.74, 6) is -0.684. The molecular weight excluding hydrogens is 474 g/mol. The second-order valence-electron chi connectivity index (χ2n) is 8.85. The van der Waals surface area contributed by atoms with Crippen LogP contribution in [0.1, 0.15) is 51.3 Å². The molecule has 6 nitrogen and oxygen atoms in total. The Morgan fingerprint density at radius 2 is 2.03 bits per heavy atom. The number of carbonyl (C=O) groups is 1. The van der Waals surface area contributed by atoms with Crippen LogP contribution < -0.4 is 10.1 Å². The van der Waals surface area contributed by atoms with Crippen molar-refractivity contribution in [3.05, 3.63) is 70.6 Å². The van der Waals surface area contributed by atoms with Crippen LogP contribution in [-0.2, 0) is 6.42 Å². The predicted octanol–water partition coefficient (Wildman–Crippen LogP) is 6.79. The lowest BCUT2D eigenvalue weighted by atomic mass is 9.89. The van der Waals surface area contributed by atoms with E-state index in [0.29, 0.717) is 35.4 Å². The van der Waals surface area contributed by atoms with Gasteiger partial charge in [-0.15, -0.1) is 0 Å². The van der Waals surface area contributed by atoms with Crippen molar-refractivity contribution in [1.82, 2.24) is 14.9 Å². The van der Waals surface area contributed by atoms with Gasteiger partial charge in [-0.1, -0.05) is 18.5 Å². The van der Waals surface area contributed by atoms with Crippen molar-refractivity contribution in [3.63, 3.8) is 0 Å². The van der Waals surface area contributed by atoms with E-state index in [-0.39, 0.29) is 28.9 Å². The molecule has 2 aromatic heterocycles. The van der Waals surface area contributed by atoms with Gasteiger partial charge in [-0.05, 0) is 63.4 Å². The largest absolute Gasteiger partial charge is 0.475 e. The lowest BCUT2D eigenvalue weighted by molar-refractivity contribution is 0.147. The molecule has 2 amide bonds. The fourth-order valence-corrected chi connectivity index (χ4v) is 4.77. The molecule has 1 aliphatic rings. The van der Waals surface area contributed by atoms with Gasteiger partial charge in [0.25, 0.3) is 0 Å². The maximum Gasteiger partial charge on any atom is 0.322 e. The maximum absolute atomic E-state index is 15.1. The molecule has 0 fully saturated rings. The number of halogens is 3. The molecule has 0 saturated carbocycles. The third-order valence-electron chi connectivity index (χ3n) is 6.03. The van der Waals surface area contributed by atoms with Crippen molar-refractivity contribution < 1.29 is 18.3 Å². The van der Waals surface area contributed by atoms with E-state index in [4.69, 9.17) is 16.3 Å². The number of pyridine rings is 2. The smallest absolute Gasteiger partial charge is 0.322 e. The average molecular weight is 501 g/mol. The summed E-state index contributed by atoms with van der Waals surface area (Å²) in [4.78, 5) is 22.9. The third kappa shape index (κ3) is 5.07. The third-order valence-corrected chi connectivity index (χ3v) is 6.34. The van der Waals surface area contributed by atoms with Crippen LogP contribution in [0.25, 0.3) is 11.1 Å². The molecule has 0 spiro atoms. The number of nitrogens with zero attached hydrogens (tertiary/aromatic N) is 3. The number of hydrogen-bond donors (Lipinski definition) is 1. The van der Waals surface area contributed by atoms with E-state index in [1.807, 2.05) is 27.7 Å². The lowest BCUT2D eigenvalue weighted by Crippen LogP contribution is -2.48. The van der Waals surface area contributed by atoms with Crippen molar-refractivity contribution >= 4 is 23.3 Å². The zero-order valence-electron chi connectivity index (χ0n) is 20.0. The van der Waals surface area contributed by atoms with Gasteiger partial charge in [0, 0.05) is 41.2 Å². The summed E-state index contributed by atoms with van der Waals surface area (Å²) >= 11 is 6.46. The molecule has 0 bridgehead atoms. The van der Waals surface area contributed by atoms with E-state index in [2.05, 4.69) is 15.3 Å². The van der Waals surface area contributed by atoms with Crippen molar-refractivity contribution in [1.29, 1.82) is 0 Å². The average Bonchev–Trinajstić information content (AvgIpc) is 2.81. The molecule has 0 aliphatic carbocycles. The number of anilines is 1. The second kappa shape index (κ2) is 10.2. The van der Waals surface area contributed by atoms with Crippen molar-refractivity contribution in [2.24, 2.45) is 0 Å². The van der Waals surface area contributed by atoms with Gasteiger partial charge >= 0.3 is 6.03 Å². The van der Waals surface area contributed by atoms with Crippen LogP contribution in [0.4, 0.5) is 19.3 Å². The van der Waals surface area contributed by atoms with E-state index in [0.717, 1.165) is 5.56 Å². The van der Waals surface area contributed by atoms with Crippen LogP contribution in [0.3, 0.4) is 0 Å². The molecule has 1 aliphatic heterocycles. The Morgan fingerprint density at radius 3 is 2.69 bits per heavy atom. The molecule has 2 unspecified atom stereocenters. The summed E-state index contributed by atoms with van der Waals surface area (Å²) in [6, 6.07) is 6.68. The monoisotopic (exact) mass is 500 g/mol. The second-order valence-corrected chi connectivity index (χ2v) is 9.25. The van der Waals surface area contributed by atoms with E-state index in [1.54, 1.807) is 29.3 Å². The van der Waals surface area contributed by atoms with Crippen LogP contribution in [0, 0.1) is 11.8 Å².